The van der Waals surface area contributed by atoms with Crippen LogP contribution in [-0.4, -0.2) is 21.4 Å². The van der Waals surface area contributed by atoms with Crippen molar-refractivity contribution in [3.05, 3.63) is 60.7 Å². The summed E-state index contributed by atoms with van der Waals surface area (Å²) in [5, 5.41) is 17.6. The minimum absolute atomic E-state index is 0. The molecule has 0 bridgehead atoms. The SMILES string of the molecule is O=P([O-])([O-])C(O)P(=O)([O-])Oc1ccccc1.O=P([O-])([O-])C(O)P(=O)([O-])Oc1ccccc1.[Mo+6]. The Morgan fingerprint density at radius 3 is 1.03 bits per heavy atom. The molecule has 0 spiro atoms. The smallest absolute Gasteiger partial charge is 0.809 e. The minimum Gasteiger partial charge on any atom is -0.809 e. The molecule has 4 atom stereocenters. The van der Waals surface area contributed by atoms with E-state index in [0.717, 1.165) is 0 Å². The van der Waals surface area contributed by atoms with Gasteiger partial charge in [-0.25, -0.2) is 0 Å². The van der Waals surface area contributed by atoms with Gasteiger partial charge in [-0.3, -0.25) is 9.13 Å². The molecule has 2 rings (SSSR count). The zero-order valence-electron chi connectivity index (χ0n) is 15.9. The third-order valence-electron chi connectivity index (χ3n) is 3.08. The molecular weight excluding hydrogens is 612 g/mol. The van der Waals surface area contributed by atoms with Crippen LogP contribution < -0.4 is 38.4 Å². The molecule has 0 aromatic heterocycles. The van der Waals surface area contributed by atoms with Crippen LogP contribution in [0.2, 0.25) is 0 Å². The number of aliphatic hydroxyl groups is 2. The second-order valence-electron chi connectivity index (χ2n) is 5.66. The maximum absolute atomic E-state index is 11.1. The fraction of sp³-hybridized carbons (Fsp3) is 0.143. The molecule has 19 heteroatoms. The van der Waals surface area contributed by atoms with Crippen LogP contribution in [0.4, 0.5) is 0 Å². The number of hydrogen-bond donors (Lipinski definition) is 2. The summed E-state index contributed by atoms with van der Waals surface area (Å²) in [4.78, 5) is 63.6. The standard InChI is InChI=1S/2C7H10O7P2.Mo/c2*8-7(15(9,10)11)16(12,13)14-6-4-2-1-3-5-6;/h2*1-5,7-8H,(H,12,13)(H2,9,10,11);/q;;+6/p-6. The van der Waals surface area contributed by atoms with Gasteiger partial charge in [0, 0.05) is 0 Å². The Kier molecular flexibility index (Phi) is 12.6. The molecular formula is C14H14MoO14P4. The van der Waals surface area contributed by atoms with Gasteiger partial charge in [-0.1, -0.05) is 36.4 Å². The average molecular weight is 626 g/mol. The van der Waals surface area contributed by atoms with Crippen LogP contribution in [0.1, 0.15) is 0 Å². The Morgan fingerprint density at radius 1 is 0.576 bits per heavy atom. The summed E-state index contributed by atoms with van der Waals surface area (Å²) in [6.07, 6.45) is 0. The third-order valence-corrected chi connectivity index (χ3v) is 9.67. The van der Waals surface area contributed by atoms with Crippen LogP contribution in [-0.2, 0) is 39.3 Å². The first-order valence-corrected chi connectivity index (χ1v) is 14.4. The summed E-state index contributed by atoms with van der Waals surface area (Å²) in [5.41, 5.74) is -6.17. The molecule has 0 aliphatic carbocycles. The number of rotatable bonds is 8. The second kappa shape index (κ2) is 12.9. The van der Waals surface area contributed by atoms with Gasteiger partial charge < -0.3 is 57.8 Å². The van der Waals surface area contributed by atoms with Crippen molar-refractivity contribution in [3.63, 3.8) is 0 Å². The Bertz CT molecular complexity index is 971. The molecule has 33 heavy (non-hydrogen) atoms. The topological polar surface area (TPSA) is 266 Å². The predicted octanol–water partition coefficient (Wildman–Crippen LogP) is -2.39. The monoisotopic (exact) mass is 628 g/mol. The van der Waals surface area contributed by atoms with Crippen molar-refractivity contribution < 1.29 is 87.9 Å². The summed E-state index contributed by atoms with van der Waals surface area (Å²) in [5.74, 6) is -0.373. The van der Waals surface area contributed by atoms with Gasteiger partial charge in [-0.2, -0.15) is 0 Å². The van der Waals surface area contributed by atoms with Gasteiger partial charge in [0.25, 0.3) is 0 Å². The Labute approximate surface area is 201 Å². The molecule has 14 nitrogen and oxygen atoms in total. The second-order valence-corrected chi connectivity index (χ2v) is 13.1. The predicted molar refractivity (Wildman–Crippen MR) is 96.6 cm³/mol. The molecule has 0 fully saturated rings. The van der Waals surface area contributed by atoms with Crippen LogP contribution in [0, 0.1) is 0 Å². The van der Waals surface area contributed by atoms with Crippen LogP contribution in [0.5, 0.6) is 11.5 Å². The summed E-state index contributed by atoms with van der Waals surface area (Å²) >= 11 is 0. The maximum atomic E-state index is 11.1. The third kappa shape index (κ3) is 11.1. The van der Waals surface area contributed by atoms with Crippen LogP contribution in [0.15, 0.2) is 60.7 Å². The molecule has 2 N–H and O–H groups in total. The zero-order chi connectivity index (χ0) is 24.8. The molecule has 2 aromatic carbocycles. The van der Waals surface area contributed by atoms with E-state index >= 15 is 0 Å². The molecule has 4 unspecified atom stereocenters. The fourth-order valence-corrected chi connectivity index (χ4v) is 5.77. The van der Waals surface area contributed by atoms with Gasteiger partial charge in [0.05, 0.1) is 0 Å². The van der Waals surface area contributed by atoms with Crippen molar-refractivity contribution in [2.24, 2.45) is 0 Å². The Morgan fingerprint density at radius 2 is 0.818 bits per heavy atom. The van der Waals surface area contributed by atoms with E-state index in [1.54, 1.807) is 12.1 Å². The van der Waals surface area contributed by atoms with Gasteiger partial charge in [0.15, 0.2) is 11.2 Å². The van der Waals surface area contributed by atoms with Crippen molar-refractivity contribution in [1.82, 2.24) is 0 Å². The van der Waals surface area contributed by atoms with Gasteiger partial charge in [0.1, 0.15) is 11.5 Å². The number of hydrogen-bond acceptors (Lipinski definition) is 14. The van der Waals surface area contributed by atoms with Gasteiger partial charge >= 0.3 is 21.1 Å². The minimum atomic E-state index is -5.66. The Hall–Kier alpha value is -0.672. The van der Waals surface area contributed by atoms with Crippen LogP contribution in [0.3, 0.4) is 0 Å². The summed E-state index contributed by atoms with van der Waals surface area (Å²) in [6, 6.07) is 13.8. The van der Waals surface area contributed by atoms with E-state index in [1.807, 2.05) is 0 Å². The van der Waals surface area contributed by atoms with Crippen LogP contribution in [0.25, 0.3) is 0 Å². The summed E-state index contributed by atoms with van der Waals surface area (Å²) in [7, 11) is -21.7. The van der Waals surface area contributed by atoms with E-state index in [0.29, 0.717) is 0 Å². The van der Waals surface area contributed by atoms with Crippen molar-refractivity contribution in [2.45, 2.75) is 11.2 Å². The summed E-state index contributed by atoms with van der Waals surface area (Å²) in [6.45, 7) is 0. The first kappa shape index (κ1) is 32.3. The normalized spacial score (nSPS) is 17.0. The Balaban J connectivity index is 0.000000602. The van der Waals surface area contributed by atoms with Crippen LogP contribution >= 0.6 is 30.4 Å². The van der Waals surface area contributed by atoms with Crippen molar-refractivity contribution in [3.8, 4) is 11.5 Å². The van der Waals surface area contributed by atoms with Crippen molar-refractivity contribution in [2.75, 3.05) is 0 Å². The van der Waals surface area contributed by atoms with Crippen molar-refractivity contribution >= 4 is 30.4 Å². The number of benzene rings is 2. The largest absolute Gasteiger partial charge is 6.00 e. The van der Waals surface area contributed by atoms with E-state index in [1.165, 1.54) is 48.5 Å². The molecule has 0 saturated heterocycles. The number of aliphatic hydroxyl groups excluding tert-OH is 2. The molecule has 180 valence electrons. The van der Waals surface area contributed by atoms with Gasteiger partial charge in [-0.15, -0.1) is 0 Å². The quantitative estimate of drug-likeness (QED) is 0.229. The molecule has 0 amide bonds. The first-order chi connectivity index (χ1) is 14.5. The zero-order valence-corrected chi connectivity index (χ0v) is 21.5. The van der Waals surface area contributed by atoms with E-state index in [2.05, 4.69) is 9.05 Å². The van der Waals surface area contributed by atoms with E-state index in [9.17, 15) is 47.6 Å². The molecule has 0 radical (unpaired) electrons. The average Bonchev–Trinajstić information content (AvgIpc) is 2.67. The van der Waals surface area contributed by atoms with E-state index < -0.39 is 41.6 Å². The van der Waals surface area contributed by atoms with E-state index in [4.69, 9.17) is 10.2 Å². The summed E-state index contributed by atoms with van der Waals surface area (Å²) < 4.78 is 51.5. The molecule has 0 heterocycles. The molecule has 0 saturated carbocycles. The maximum Gasteiger partial charge on any atom is 6.00 e. The molecule has 0 aliphatic rings. The fourth-order valence-electron chi connectivity index (χ4n) is 1.70. The molecule has 0 aliphatic heterocycles. The first-order valence-electron chi connectivity index (χ1n) is 7.97. The van der Waals surface area contributed by atoms with E-state index in [-0.39, 0.29) is 32.6 Å². The van der Waals surface area contributed by atoms with Gasteiger partial charge in [-0.05, 0) is 39.5 Å². The van der Waals surface area contributed by atoms with Crippen molar-refractivity contribution in [1.29, 1.82) is 0 Å². The number of para-hydroxylation sites is 2. The molecule has 2 aromatic rings. The van der Waals surface area contributed by atoms with Gasteiger partial charge in [0.2, 0.25) is 15.2 Å².